The fourth-order valence-electron chi connectivity index (χ4n) is 0.760. The molecule has 1 aromatic heterocycles. The van der Waals surface area contributed by atoms with Crippen molar-refractivity contribution in [2.45, 2.75) is 0 Å². The summed E-state index contributed by atoms with van der Waals surface area (Å²) >= 11 is 0. The van der Waals surface area contributed by atoms with Crippen LogP contribution in [0.1, 0.15) is 0 Å². The molecule has 0 saturated carbocycles. The van der Waals surface area contributed by atoms with Gasteiger partial charge in [-0.15, -0.1) is 0 Å². The number of hydrogen-bond acceptors (Lipinski definition) is 5. The summed E-state index contributed by atoms with van der Waals surface area (Å²) in [6.07, 6.45) is 0. The summed E-state index contributed by atoms with van der Waals surface area (Å²) in [4.78, 5) is 0. The number of nitrogen functional groups attached to an aromatic ring is 1. The van der Waals surface area contributed by atoms with Gasteiger partial charge in [0.1, 0.15) is 0 Å². The molecule has 0 spiro atoms. The molecule has 5 nitrogen and oxygen atoms in total. The van der Waals surface area contributed by atoms with Gasteiger partial charge in [-0.1, -0.05) is 0 Å². The maximum Gasteiger partial charge on any atom is 0.232 e. The van der Waals surface area contributed by atoms with Crippen molar-refractivity contribution >= 4 is 16.9 Å². The molecule has 0 fully saturated rings. The van der Waals surface area contributed by atoms with Gasteiger partial charge in [0.25, 0.3) is 0 Å². The van der Waals surface area contributed by atoms with Crippen LogP contribution in [0.25, 0.3) is 11.2 Å². The standard InChI is InChI=1S/C6H5NO4/c7-4-1-2-5-6(3-4)9-11-10-8-5/h1-3H,7H2. The zero-order valence-corrected chi connectivity index (χ0v) is 5.44. The SMILES string of the molecule is Nc1ccc2ooooc2c1. The Morgan fingerprint density at radius 1 is 1.00 bits per heavy atom. The Morgan fingerprint density at radius 3 is 2.55 bits per heavy atom. The zero-order valence-electron chi connectivity index (χ0n) is 5.44. The first-order valence-electron chi connectivity index (χ1n) is 2.93. The van der Waals surface area contributed by atoms with Crippen LogP contribution in [0.2, 0.25) is 0 Å². The molecule has 0 amide bonds. The number of benzene rings is 1. The van der Waals surface area contributed by atoms with E-state index < -0.39 is 0 Å². The second kappa shape index (κ2) is 2.12. The molecule has 0 aliphatic heterocycles. The quantitative estimate of drug-likeness (QED) is 0.464. The number of hydrogen-bond donors (Lipinski definition) is 1. The Kier molecular flexibility index (Phi) is 1.15. The van der Waals surface area contributed by atoms with Gasteiger partial charge >= 0.3 is 0 Å². The van der Waals surface area contributed by atoms with Crippen molar-refractivity contribution in [2.24, 2.45) is 0 Å². The van der Waals surface area contributed by atoms with Gasteiger partial charge in [-0.2, -0.15) is 0 Å². The summed E-state index contributed by atoms with van der Waals surface area (Å²) in [6.45, 7) is 0. The predicted octanol–water partition coefficient (Wildman–Crippen LogP) is 1.92. The average Bonchev–Trinajstić information content (AvgIpc) is 2.04. The number of fused-ring (bicyclic) bond motifs is 1. The lowest BCUT2D eigenvalue weighted by atomic mass is 10.3. The monoisotopic (exact) mass is 155 g/mol. The molecule has 0 bridgehead atoms. The molecular weight excluding hydrogens is 150 g/mol. The highest BCUT2D eigenvalue weighted by atomic mass is 17.4. The van der Waals surface area contributed by atoms with E-state index in [0.29, 0.717) is 16.9 Å². The smallest absolute Gasteiger partial charge is 0.232 e. The summed E-state index contributed by atoms with van der Waals surface area (Å²) in [6, 6.07) is 4.85. The van der Waals surface area contributed by atoms with E-state index in [2.05, 4.69) is 18.6 Å². The zero-order chi connectivity index (χ0) is 7.68. The molecule has 2 aromatic rings. The van der Waals surface area contributed by atoms with Crippen molar-refractivity contribution in [2.75, 3.05) is 5.73 Å². The van der Waals surface area contributed by atoms with E-state index >= 15 is 0 Å². The Labute approximate surface area is 60.4 Å². The Hall–Kier alpha value is -1.78. The van der Waals surface area contributed by atoms with Gasteiger partial charge in [0.05, 0.1) is 0 Å². The molecule has 1 heterocycles. The summed E-state index contributed by atoms with van der Waals surface area (Å²) in [5, 5.41) is 0. The molecule has 0 aliphatic rings. The van der Waals surface area contributed by atoms with Crippen LogP contribution in [0.4, 0.5) is 5.69 Å². The van der Waals surface area contributed by atoms with Crippen LogP contribution in [-0.4, -0.2) is 0 Å². The maximum atomic E-state index is 5.45. The van der Waals surface area contributed by atoms with Gasteiger partial charge in [-0.25, -0.2) is 9.15 Å². The molecule has 0 atom stereocenters. The van der Waals surface area contributed by atoms with Gasteiger partial charge in [-0.05, 0) is 21.6 Å². The van der Waals surface area contributed by atoms with E-state index in [1.807, 2.05) is 0 Å². The van der Waals surface area contributed by atoms with Crippen LogP contribution in [0.5, 0.6) is 0 Å². The molecule has 0 unspecified atom stereocenters. The average molecular weight is 155 g/mol. The predicted molar refractivity (Wildman–Crippen MR) is 35.1 cm³/mol. The topological polar surface area (TPSA) is 78.6 Å². The van der Waals surface area contributed by atoms with Crippen molar-refractivity contribution in [1.29, 1.82) is 0 Å². The molecule has 2 N–H and O–H groups in total. The van der Waals surface area contributed by atoms with E-state index in [-0.39, 0.29) is 0 Å². The fourth-order valence-corrected chi connectivity index (χ4v) is 0.760. The summed E-state index contributed by atoms with van der Waals surface area (Å²) in [5.74, 6) is 0. The highest BCUT2D eigenvalue weighted by molar-refractivity contribution is 5.72. The molecule has 5 heteroatoms. The number of anilines is 1. The molecule has 11 heavy (non-hydrogen) atoms. The van der Waals surface area contributed by atoms with Crippen LogP contribution in [0, 0.1) is 0 Å². The van der Waals surface area contributed by atoms with E-state index in [0.717, 1.165) is 0 Å². The largest absolute Gasteiger partial charge is 0.399 e. The normalized spacial score (nSPS) is 10.2. The summed E-state index contributed by atoms with van der Waals surface area (Å²) in [5.41, 5.74) is 6.85. The lowest BCUT2D eigenvalue weighted by Gasteiger charge is -1.91. The lowest BCUT2D eigenvalue weighted by molar-refractivity contribution is -0.295. The molecule has 2 rings (SSSR count). The van der Waals surface area contributed by atoms with Crippen LogP contribution in [-0.2, 0) is 0 Å². The first-order valence-corrected chi connectivity index (χ1v) is 2.93. The van der Waals surface area contributed by atoms with Crippen LogP contribution >= 0.6 is 0 Å². The molecule has 0 aliphatic carbocycles. The van der Waals surface area contributed by atoms with E-state index in [1.165, 1.54) is 0 Å². The van der Waals surface area contributed by atoms with Crippen molar-refractivity contribution < 1.29 is 18.6 Å². The Morgan fingerprint density at radius 2 is 1.73 bits per heavy atom. The van der Waals surface area contributed by atoms with Crippen molar-refractivity contribution in [3.05, 3.63) is 18.2 Å². The maximum absolute atomic E-state index is 5.45. The Bertz CT molecular complexity index is 389. The molecular formula is C6H5NO4. The molecule has 58 valence electrons. The Balaban J connectivity index is 2.83. The summed E-state index contributed by atoms with van der Waals surface area (Å²) < 4.78 is 17.3. The number of nitrogens with two attached hydrogens (primary N) is 1. The second-order valence-electron chi connectivity index (χ2n) is 2.01. The van der Waals surface area contributed by atoms with Gasteiger partial charge in [0.2, 0.25) is 11.2 Å². The third-order valence-corrected chi connectivity index (χ3v) is 1.24. The highest BCUT2D eigenvalue weighted by Gasteiger charge is 1.98. The number of rotatable bonds is 0. The van der Waals surface area contributed by atoms with E-state index in [9.17, 15) is 0 Å². The minimum absolute atomic E-state index is 0.399. The molecule has 1 aromatic carbocycles. The van der Waals surface area contributed by atoms with E-state index in [1.54, 1.807) is 18.2 Å². The van der Waals surface area contributed by atoms with Gasteiger partial charge < -0.3 is 5.73 Å². The fraction of sp³-hybridized carbons (Fsp3) is 0. The van der Waals surface area contributed by atoms with Crippen molar-refractivity contribution in [1.82, 2.24) is 0 Å². The molecule has 0 radical (unpaired) electrons. The third-order valence-electron chi connectivity index (χ3n) is 1.24. The van der Waals surface area contributed by atoms with Gasteiger partial charge in [0, 0.05) is 11.8 Å². The minimum atomic E-state index is 0.399. The summed E-state index contributed by atoms with van der Waals surface area (Å²) in [7, 11) is 0. The lowest BCUT2D eigenvalue weighted by Crippen LogP contribution is -1.82. The van der Waals surface area contributed by atoms with Crippen molar-refractivity contribution in [3.8, 4) is 0 Å². The van der Waals surface area contributed by atoms with Crippen LogP contribution < -0.4 is 5.73 Å². The van der Waals surface area contributed by atoms with Gasteiger partial charge in [0.15, 0.2) is 0 Å². The van der Waals surface area contributed by atoms with Gasteiger partial charge in [-0.3, -0.25) is 0 Å². The third kappa shape index (κ3) is 0.958. The first-order chi connectivity index (χ1) is 5.36. The van der Waals surface area contributed by atoms with Crippen molar-refractivity contribution in [3.63, 3.8) is 0 Å². The van der Waals surface area contributed by atoms with Crippen LogP contribution in [0.3, 0.4) is 0 Å². The van der Waals surface area contributed by atoms with E-state index in [4.69, 9.17) is 5.73 Å². The highest BCUT2D eigenvalue weighted by Crippen LogP contribution is 2.15. The first kappa shape index (κ1) is 5.96. The molecule has 0 saturated heterocycles. The minimum Gasteiger partial charge on any atom is -0.399 e. The second-order valence-corrected chi connectivity index (χ2v) is 2.01. The van der Waals surface area contributed by atoms with Crippen LogP contribution in [0.15, 0.2) is 36.8 Å².